The van der Waals surface area contributed by atoms with Gasteiger partial charge in [-0.1, -0.05) is 24.0 Å². The van der Waals surface area contributed by atoms with Gasteiger partial charge in [-0.3, -0.25) is 4.57 Å². The van der Waals surface area contributed by atoms with Gasteiger partial charge in [-0.25, -0.2) is 4.79 Å². The number of aliphatic hydroxyl groups excluding tert-OH is 1. The largest absolute Gasteiger partial charge is 0.420 e. The van der Waals surface area contributed by atoms with Gasteiger partial charge in [-0.15, -0.1) is 11.3 Å². The van der Waals surface area contributed by atoms with E-state index in [-0.39, 0.29) is 12.4 Å². The molecule has 1 aromatic carbocycles. The lowest BCUT2D eigenvalue weighted by Crippen LogP contribution is -2.14. The van der Waals surface area contributed by atoms with E-state index in [4.69, 9.17) is 9.52 Å². The quantitative estimate of drug-likeness (QED) is 0.756. The molecule has 0 amide bonds. The highest BCUT2D eigenvalue weighted by molar-refractivity contribution is 7.10. The van der Waals surface area contributed by atoms with Crippen LogP contribution < -0.4 is 5.76 Å². The van der Waals surface area contributed by atoms with Gasteiger partial charge >= 0.3 is 5.76 Å². The van der Waals surface area contributed by atoms with Crippen LogP contribution in [0.3, 0.4) is 0 Å². The Balaban J connectivity index is 1.97. The van der Waals surface area contributed by atoms with Crippen molar-refractivity contribution in [1.29, 1.82) is 0 Å². The number of para-hydroxylation sites is 2. The van der Waals surface area contributed by atoms with Crippen molar-refractivity contribution in [1.82, 2.24) is 4.57 Å². The molecule has 4 nitrogen and oxygen atoms in total. The summed E-state index contributed by atoms with van der Waals surface area (Å²) in [4.78, 5) is 13.0. The first-order chi connectivity index (χ1) is 10.3. The Hall–Kier alpha value is -2.29. The number of aliphatic hydroxyl groups is 1. The molecule has 0 saturated carbocycles. The van der Waals surface area contributed by atoms with E-state index in [0.717, 1.165) is 16.0 Å². The lowest BCUT2D eigenvalue weighted by Gasteiger charge is -2.00. The Kier molecular flexibility index (Phi) is 3.91. The molecule has 0 aliphatic carbocycles. The summed E-state index contributed by atoms with van der Waals surface area (Å²) in [7, 11) is 0. The third-order valence-electron chi connectivity index (χ3n) is 3.08. The summed E-state index contributed by atoms with van der Waals surface area (Å²) in [5.41, 5.74) is 2.27. The summed E-state index contributed by atoms with van der Waals surface area (Å²) in [6.45, 7) is 0.495. The highest BCUT2D eigenvalue weighted by atomic mass is 32.1. The molecule has 0 atom stereocenters. The van der Waals surface area contributed by atoms with Crippen LogP contribution in [0.5, 0.6) is 0 Å². The van der Waals surface area contributed by atoms with Crippen molar-refractivity contribution in [3.63, 3.8) is 0 Å². The average Bonchev–Trinajstić information content (AvgIpc) is 3.05. The van der Waals surface area contributed by atoms with Gasteiger partial charge in [-0.2, -0.15) is 0 Å². The highest BCUT2D eigenvalue weighted by Gasteiger charge is 2.11. The van der Waals surface area contributed by atoms with Gasteiger partial charge in [0.15, 0.2) is 5.58 Å². The fourth-order valence-electron chi connectivity index (χ4n) is 2.10. The molecule has 0 aliphatic rings. The summed E-state index contributed by atoms with van der Waals surface area (Å²) in [5, 5.41) is 10.7. The standard InChI is InChI=1S/C16H13NO3S/c18-9-4-3-5-12-8-10-21-15(12)11-17-13-6-1-2-7-14(13)20-16(17)19/h1-2,6-8,10,18H,4,9,11H2. The Morgan fingerprint density at radius 1 is 1.29 bits per heavy atom. The van der Waals surface area contributed by atoms with Crippen LogP contribution in [0.4, 0.5) is 0 Å². The van der Waals surface area contributed by atoms with Crippen molar-refractivity contribution in [2.45, 2.75) is 13.0 Å². The van der Waals surface area contributed by atoms with Crippen LogP contribution in [0.15, 0.2) is 44.9 Å². The normalized spacial score (nSPS) is 10.5. The molecule has 0 unspecified atom stereocenters. The van der Waals surface area contributed by atoms with Gasteiger partial charge in [0.05, 0.1) is 18.7 Å². The molecule has 0 bridgehead atoms. The van der Waals surface area contributed by atoms with Crippen LogP contribution in [-0.2, 0) is 6.54 Å². The van der Waals surface area contributed by atoms with E-state index in [1.165, 1.54) is 0 Å². The maximum absolute atomic E-state index is 12.0. The van der Waals surface area contributed by atoms with Crippen LogP contribution >= 0.6 is 11.3 Å². The maximum Gasteiger partial charge on any atom is 0.420 e. The first-order valence-corrected chi connectivity index (χ1v) is 7.42. The van der Waals surface area contributed by atoms with Crippen molar-refractivity contribution >= 4 is 22.4 Å². The molecule has 3 rings (SSSR count). The van der Waals surface area contributed by atoms with Gasteiger partial charge in [-0.05, 0) is 23.6 Å². The fourth-order valence-corrected chi connectivity index (χ4v) is 2.91. The molecular weight excluding hydrogens is 286 g/mol. The summed E-state index contributed by atoms with van der Waals surface area (Å²) in [5.74, 6) is 5.57. The zero-order valence-corrected chi connectivity index (χ0v) is 12.0. The number of rotatable bonds is 3. The minimum Gasteiger partial charge on any atom is -0.408 e. The smallest absolute Gasteiger partial charge is 0.408 e. The first-order valence-electron chi connectivity index (χ1n) is 6.54. The Morgan fingerprint density at radius 3 is 3.00 bits per heavy atom. The van der Waals surface area contributed by atoms with E-state index in [0.29, 0.717) is 18.5 Å². The number of hydrogen-bond donors (Lipinski definition) is 1. The molecule has 0 radical (unpaired) electrons. The topological polar surface area (TPSA) is 55.4 Å². The number of nitrogens with zero attached hydrogens (tertiary/aromatic N) is 1. The Bertz CT molecular complexity index is 876. The van der Waals surface area contributed by atoms with E-state index in [1.807, 2.05) is 29.6 Å². The van der Waals surface area contributed by atoms with Crippen molar-refractivity contribution < 1.29 is 9.52 Å². The third kappa shape index (κ3) is 2.77. The molecule has 0 spiro atoms. The Labute approximate surface area is 125 Å². The second-order valence-corrected chi connectivity index (χ2v) is 5.46. The molecule has 2 aromatic heterocycles. The zero-order chi connectivity index (χ0) is 14.7. The molecule has 5 heteroatoms. The molecule has 106 valence electrons. The van der Waals surface area contributed by atoms with Crippen LogP contribution in [-0.4, -0.2) is 16.3 Å². The second-order valence-electron chi connectivity index (χ2n) is 4.45. The molecular formula is C16H13NO3S. The van der Waals surface area contributed by atoms with E-state index in [2.05, 4.69) is 11.8 Å². The Morgan fingerprint density at radius 2 is 2.14 bits per heavy atom. The van der Waals surface area contributed by atoms with Crippen molar-refractivity contribution in [3.05, 3.63) is 56.7 Å². The van der Waals surface area contributed by atoms with Crippen molar-refractivity contribution in [2.75, 3.05) is 6.61 Å². The van der Waals surface area contributed by atoms with Crippen molar-refractivity contribution in [3.8, 4) is 11.8 Å². The molecule has 3 aromatic rings. The van der Waals surface area contributed by atoms with E-state index < -0.39 is 0 Å². The van der Waals surface area contributed by atoms with E-state index in [1.54, 1.807) is 22.0 Å². The van der Waals surface area contributed by atoms with Gasteiger partial charge in [0, 0.05) is 16.9 Å². The molecule has 1 N–H and O–H groups in total. The predicted molar refractivity (Wildman–Crippen MR) is 82.5 cm³/mol. The minimum atomic E-state index is -0.362. The predicted octanol–water partition coefficient (Wildman–Crippen LogP) is 2.44. The van der Waals surface area contributed by atoms with Crippen LogP contribution in [0, 0.1) is 11.8 Å². The molecule has 0 aliphatic heterocycles. The molecule has 0 saturated heterocycles. The van der Waals surface area contributed by atoms with Crippen LogP contribution in [0.2, 0.25) is 0 Å². The van der Waals surface area contributed by atoms with E-state index in [9.17, 15) is 4.79 Å². The second kappa shape index (κ2) is 6.00. The summed E-state index contributed by atoms with van der Waals surface area (Å²) in [6.07, 6.45) is 0.448. The third-order valence-corrected chi connectivity index (χ3v) is 3.99. The minimum absolute atomic E-state index is 0.0539. The lowest BCUT2D eigenvalue weighted by molar-refractivity contribution is 0.305. The van der Waals surface area contributed by atoms with Crippen LogP contribution in [0.25, 0.3) is 11.1 Å². The number of fused-ring (bicyclic) bond motifs is 1. The number of aromatic nitrogens is 1. The molecule has 2 heterocycles. The van der Waals surface area contributed by atoms with E-state index >= 15 is 0 Å². The average molecular weight is 299 g/mol. The van der Waals surface area contributed by atoms with Crippen LogP contribution in [0.1, 0.15) is 16.9 Å². The fraction of sp³-hybridized carbons (Fsp3) is 0.188. The number of thiophene rings is 1. The molecule has 21 heavy (non-hydrogen) atoms. The summed E-state index contributed by atoms with van der Waals surface area (Å²) in [6, 6.07) is 9.29. The monoisotopic (exact) mass is 299 g/mol. The zero-order valence-electron chi connectivity index (χ0n) is 11.2. The number of hydrogen-bond acceptors (Lipinski definition) is 4. The summed E-state index contributed by atoms with van der Waals surface area (Å²) < 4.78 is 6.84. The van der Waals surface area contributed by atoms with Gasteiger partial charge in [0.2, 0.25) is 0 Å². The molecule has 0 fully saturated rings. The SMILES string of the molecule is O=c1oc2ccccc2n1Cc1sccc1C#CCCO. The highest BCUT2D eigenvalue weighted by Crippen LogP contribution is 2.19. The first kappa shape index (κ1) is 13.7. The number of benzene rings is 1. The maximum atomic E-state index is 12.0. The van der Waals surface area contributed by atoms with Gasteiger partial charge < -0.3 is 9.52 Å². The van der Waals surface area contributed by atoms with Gasteiger partial charge in [0.1, 0.15) is 0 Å². The van der Waals surface area contributed by atoms with Gasteiger partial charge in [0.25, 0.3) is 0 Å². The van der Waals surface area contributed by atoms with Crippen molar-refractivity contribution in [2.24, 2.45) is 0 Å². The lowest BCUT2D eigenvalue weighted by atomic mass is 10.2. The summed E-state index contributed by atoms with van der Waals surface area (Å²) >= 11 is 1.56. The number of oxazole rings is 1.